The number of hydrogen-bond donors (Lipinski definition) is 1. The molecule has 1 N–H and O–H groups in total. The topological polar surface area (TPSA) is 74.2 Å². The van der Waals surface area contributed by atoms with E-state index in [1.165, 1.54) is 0 Å². The van der Waals surface area contributed by atoms with Gasteiger partial charge in [0, 0.05) is 54.6 Å². The highest BCUT2D eigenvalue weighted by Gasteiger charge is 2.35. The fourth-order valence-corrected chi connectivity index (χ4v) is 4.90. The molecule has 174 valence electrons. The van der Waals surface area contributed by atoms with Crippen molar-refractivity contribution in [2.75, 3.05) is 19.6 Å². The van der Waals surface area contributed by atoms with Crippen LogP contribution in [0.4, 0.5) is 0 Å². The number of nitrogens with zero attached hydrogens (tertiary/aromatic N) is 4. The van der Waals surface area contributed by atoms with Gasteiger partial charge >= 0.3 is 0 Å². The summed E-state index contributed by atoms with van der Waals surface area (Å²) in [5.74, 6) is -0.247. The summed E-state index contributed by atoms with van der Waals surface area (Å²) >= 11 is 12.1. The molecular weight excluding hydrogens is 473 g/mol. The summed E-state index contributed by atoms with van der Waals surface area (Å²) < 4.78 is 1.78. The summed E-state index contributed by atoms with van der Waals surface area (Å²) in [7, 11) is 0. The van der Waals surface area contributed by atoms with E-state index in [0.29, 0.717) is 60.4 Å². The zero-order valence-electron chi connectivity index (χ0n) is 18.5. The van der Waals surface area contributed by atoms with Crippen molar-refractivity contribution in [3.05, 3.63) is 87.4 Å². The predicted octanol–water partition coefficient (Wildman–Crippen LogP) is 4.53. The van der Waals surface area contributed by atoms with E-state index in [9.17, 15) is 9.59 Å². The van der Waals surface area contributed by atoms with Crippen molar-refractivity contribution in [3.8, 4) is 0 Å². The maximum atomic E-state index is 13.5. The number of fused-ring (bicyclic) bond motifs is 3. The Bertz CT molecular complexity index is 1340. The second kappa shape index (κ2) is 8.81. The third-order valence-electron chi connectivity index (χ3n) is 6.37. The van der Waals surface area contributed by atoms with Gasteiger partial charge < -0.3 is 14.8 Å². The van der Waals surface area contributed by atoms with Crippen LogP contribution in [0.3, 0.4) is 0 Å². The number of nitrogens with one attached hydrogen (secondary N) is 1. The molecule has 4 heterocycles. The van der Waals surface area contributed by atoms with Crippen LogP contribution in [0.15, 0.2) is 43.6 Å². The van der Waals surface area contributed by atoms with E-state index >= 15 is 0 Å². The molecule has 0 bridgehead atoms. The number of carbonyl (C=O) groups excluding carboxylic acids is 2. The van der Waals surface area contributed by atoms with Gasteiger partial charge in [0.1, 0.15) is 5.69 Å². The lowest BCUT2D eigenvalue weighted by atomic mass is 10.0. The number of amides is 2. The summed E-state index contributed by atoms with van der Waals surface area (Å²) in [5.41, 5.74) is 5.37. The fourth-order valence-electron chi connectivity index (χ4n) is 4.61. The van der Waals surface area contributed by atoms with Crippen molar-refractivity contribution in [2.45, 2.75) is 19.5 Å². The lowest BCUT2D eigenvalue weighted by Gasteiger charge is -2.30. The molecule has 2 aliphatic rings. The quantitative estimate of drug-likeness (QED) is 0.564. The van der Waals surface area contributed by atoms with Crippen molar-refractivity contribution >= 4 is 46.7 Å². The maximum absolute atomic E-state index is 13.5. The van der Waals surface area contributed by atoms with E-state index in [2.05, 4.69) is 23.2 Å². The summed E-state index contributed by atoms with van der Waals surface area (Å²) in [5, 5.41) is 5.41. The minimum Gasteiger partial charge on any atom is -0.361 e. The van der Waals surface area contributed by atoms with Gasteiger partial charge in [-0.15, -0.1) is 0 Å². The molecular formula is C25H23Cl2N5O2. The van der Waals surface area contributed by atoms with Gasteiger partial charge in [-0.25, -0.2) is 0 Å². The molecule has 0 atom stereocenters. The second-order valence-corrected chi connectivity index (χ2v) is 9.26. The molecule has 0 aliphatic carbocycles. The summed E-state index contributed by atoms with van der Waals surface area (Å²) in [4.78, 5) is 33.3. The van der Waals surface area contributed by atoms with Gasteiger partial charge in [0.15, 0.2) is 0 Å². The van der Waals surface area contributed by atoms with Crippen LogP contribution in [0.5, 0.6) is 0 Å². The molecule has 0 saturated heterocycles. The molecule has 1 aromatic carbocycles. The standard InChI is InChI=1S/C25H23Cl2N5O2/c1-3-21-17(6-8-28-21)15(2)13-31-10-11-32-23(25(31)34)18-14-30(9-7-22(18)29-32)24(33)16-4-5-19(26)20(27)12-16/h3-6,8,12,28H,1-2,7,9-11,13-14H2. The zero-order chi connectivity index (χ0) is 24.0. The van der Waals surface area contributed by atoms with E-state index in [1.54, 1.807) is 38.8 Å². The molecule has 2 aliphatic heterocycles. The Labute approximate surface area is 207 Å². The number of benzene rings is 1. The molecule has 2 aromatic heterocycles. The number of aromatic amines is 1. The normalized spacial score (nSPS) is 15.2. The maximum Gasteiger partial charge on any atom is 0.272 e. The van der Waals surface area contributed by atoms with Crippen LogP contribution in [0.2, 0.25) is 10.0 Å². The molecule has 0 unspecified atom stereocenters. The Balaban J connectivity index is 1.37. The lowest BCUT2D eigenvalue weighted by Crippen LogP contribution is -2.42. The average Bonchev–Trinajstić information content (AvgIpc) is 3.46. The van der Waals surface area contributed by atoms with Crippen molar-refractivity contribution in [3.63, 3.8) is 0 Å². The highest BCUT2D eigenvalue weighted by Crippen LogP contribution is 2.29. The molecule has 34 heavy (non-hydrogen) atoms. The largest absolute Gasteiger partial charge is 0.361 e. The fraction of sp³-hybridized carbons (Fsp3) is 0.240. The van der Waals surface area contributed by atoms with Crippen LogP contribution >= 0.6 is 23.2 Å². The van der Waals surface area contributed by atoms with E-state index in [-0.39, 0.29) is 11.8 Å². The summed E-state index contributed by atoms with van der Waals surface area (Å²) in [6.45, 7) is 10.4. The van der Waals surface area contributed by atoms with Gasteiger partial charge in [-0.1, -0.05) is 36.4 Å². The predicted molar refractivity (Wildman–Crippen MR) is 133 cm³/mol. The summed E-state index contributed by atoms with van der Waals surface area (Å²) in [6, 6.07) is 6.79. The first-order valence-electron chi connectivity index (χ1n) is 11.0. The van der Waals surface area contributed by atoms with Gasteiger partial charge in [0.25, 0.3) is 11.8 Å². The molecule has 2 amide bonds. The molecule has 9 heteroatoms. The SMILES string of the molecule is C=Cc1[nH]ccc1C(=C)CN1CCn2nc3c(c2C1=O)CN(C(=O)c1ccc(Cl)c(Cl)c1)CC3. The smallest absolute Gasteiger partial charge is 0.272 e. The number of H-pyrrole nitrogens is 1. The minimum atomic E-state index is -0.151. The van der Waals surface area contributed by atoms with Crippen molar-refractivity contribution in [1.82, 2.24) is 24.6 Å². The van der Waals surface area contributed by atoms with Crippen LogP contribution < -0.4 is 0 Å². The molecule has 0 spiro atoms. The van der Waals surface area contributed by atoms with Crippen LogP contribution in [-0.4, -0.2) is 56.0 Å². The molecule has 3 aromatic rings. The molecule has 7 nitrogen and oxygen atoms in total. The molecule has 5 rings (SSSR count). The molecule has 0 radical (unpaired) electrons. The monoisotopic (exact) mass is 495 g/mol. The van der Waals surface area contributed by atoms with Gasteiger partial charge in [-0.05, 0) is 35.9 Å². The lowest BCUT2D eigenvalue weighted by molar-refractivity contribution is 0.0699. The van der Waals surface area contributed by atoms with Crippen LogP contribution in [0.1, 0.15) is 43.4 Å². The Morgan fingerprint density at radius 1 is 1.18 bits per heavy atom. The van der Waals surface area contributed by atoms with Crippen LogP contribution in [0.25, 0.3) is 11.6 Å². The Morgan fingerprint density at radius 2 is 2.00 bits per heavy atom. The minimum absolute atomic E-state index is 0.0966. The van der Waals surface area contributed by atoms with Gasteiger partial charge in [-0.3, -0.25) is 14.3 Å². The van der Waals surface area contributed by atoms with Crippen LogP contribution in [-0.2, 0) is 19.5 Å². The van der Waals surface area contributed by atoms with Crippen molar-refractivity contribution in [2.24, 2.45) is 0 Å². The number of carbonyl (C=O) groups is 2. The highest BCUT2D eigenvalue weighted by molar-refractivity contribution is 6.42. The van der Waals surface area contributed by atoms with Gasteiger partial charge in [-0.2, -0.15) is 5.10 Å². The number of hydrogen-bond acceptors (Lipinski definition) is 3. The van der Waals surface area contributed by atoms with E-state index in [4.69, 9.17) is 23.2 Å². The van der Waals surface area contributed by atoms with E-state index in [1.807, 2.05) is 12.3 Å². The first-order valence-corrected chi connectivity index (χ1v) is 11.7. The van der Waals surface area contributed by atoms with Crippen LogP contribution in [0, 0.1) is 0 Å². The third-order valence-corrected chi connectivity index (χ3v) is 7.11. The summed E-state index contributed by atoms with van der Waals surface area (Å²) in [6.07, 6.45) is 4.17. The van der Waals surface area contributed by atoms with Crippen molar-refractivity contribution < 1.29 is 9.59 Å². The van der Waals surface area contributed by atoms with E-state index < -0.39 is 0 Å². The second-order valence-electron chi connectivity index (χ2n) is 8.44. The Hall–Kier alpha value is -3.29. The first-order chi connectivity index (χ1) is 16.4. The number of rotatable bonds is 5. The highest BCUT2D eigenvalue weighted by atomic mass is 35.5. The van der Waals surface area contributed by atoms with Gasteiger partial charge in [0.05, 0.1) is 28.8 Å². The third kappa shape index (κ3) is 3.85. The molecule has 0 saturated carbocycles. The zero-order valence-corrected chi connectivity index (χ0v) is 20.0. The van der Waals surface area contributed by atoms with E-state index in [0.717, 1.165) is 28.1 Å². The van der Waals surface area contributed by atoms with Crippen molar-refractivity contribution in [1.29, 1.82) is 0 Å². The average molecular weight is 496 g/mol. The first kappa shape index (κ1) is 22.5. The number of aromatic nitrogens is 3. The van der Waals surface area contributed by atoms with Gasteiger partial charge in [0.2, 0.25) is 0 Å². The number of halogens is 2. The molecule has 0 fully saturated rings. The Morgan fingerprint density at radius 3 is 2.76 bits per heavy atom. The Kier molecular flexibility index (Phi) is 5.83.